The van der Waals surface area contributed by atoms with Gasteiger partial charge in [0, 0.05) is 24.1 Å². The van der Waals surface area contributed by atoms with Crippen molar-refractivity contribution in [3.8, 4) is 6.07 Å². The molecule has 1 aromatic rings. The molecule has 1 saturated heterocycles. The van der Waals surface area contributed by atoms with Crippen LogP contribution in [0.3, 0.4) is 0 Å². The molecule has 0 spiro atoms. The van der Waals surface area contributed by atoms with E-state index in [-0.39, 0.29) is 0 Å². The van der Waals surface area contributed by atoms with Gasteiger partial charge in [-0.3, -0.25) is 0 Å². The van der Waals surface area contributed by atoms with Crippen LogP contribution in [-0.4, -0.2) is 36.8 Å². The lowest BCUT2D eigenvalue weighted by molar-refractivity contribution is 0.424. The summed E-state index contributed by atoms with van der Waals surface area (Å²) in [5, 5.41) is 8.94. The lowest BCUT2D eigenvalue weighted by atomic mass is 10.2. The van der Waals surface area contributed by atoms with Crippen molar-refractivity contribution in [3.05, 3.63) is 29.8 Å². The fourth-order valence-electron chi connectivity index (χ4n) is 2.02. The number of nitrogens with zero attached hydrogens (tertiary/aromatic N) is 2. The van der Waals surface area contributed by atoms with Crippen molar-refractivity contribution < 1.29 is 8.42 Å². The first-order chi connectivity index (χ1) is 9.04. The maximum atomic E-state index is 12.5. The van der Waals surface area contributed by atoms with Gasteiger partial charge in [0.25, 0.3) is 0 Å². The molecule has 1 aliphatic heterocycles. The Hall–Kier alpha value is -1.03. The molecule has 6 heteroatoms. The summed E-state index contributed by atoms with van der Waals surface area (Å²) in [6, 6.07) is 8.65. The molecule has 0 aromatic heterocycles. The van der Waals surface area contributed by atoms with Crippen molar-refractivity contribution in [3.63, 3.8) is 0 Å². The molecule has 19 heavy (non-hydrogen) atoms. The average molecular weight is 296 g/mol. The smallest absolute Gasteiger partial charge is 0.207 e. The molecule has 1 fully saturated rings. The second-order valence-electron chi connectivity index (χ2n) is 4.52. The number of hydrogen-bond acceptors (Lipinski definition) is 4. The lowest BCUT2D eigenvalue weighted by Crippen LogP contribution is -2.40. The van der Waals surface area contributed by atoms with Crippen molar-refractivity contribution in [1.82, 2.24) is 4.31 Å². The van der Waals surface area contributed by atoms with Gasteiger partial charge in [-0.1, -0.05) is 19.1 Å². The van der Waals surface area contributed by atoms with E-state index in [0.717, 1.165) is 11.3 Å². The SMILES string of the molecule is CC1CN(S(=O)(=O)c2ccc(CC#N)cc2)CCS1. The fourth-order valence-corrected chi connectivity index (χ4v) is 4.78. The molecular formula is C13H16N2O2S2. The van der Waals surface area contributed by atoms with E-state index < -0.39 is 10.0 Å². The monoisotopic (exact) mass is 296 g/mol. The van der Waals surface area contributed by atoms with E-state index in [1.807, 2.05) is 13.0 Å². The minimum atomic E-state index is -3.39. The van der Waals surface area contributed by atoms with Crippen molar-refractivity contribution in [2.75, 3.05) is 18.8 Å². The van der Waals surface area contributed by atoms with E-state index in [4.69, 9.17) is 5.26 Å². The highest BCUT2D eigenvalue weighted by molar-refractivity contribution is 8.00. The van der Waals surface area contributed by atoms with E-state index in [1.165, 1.54) is 0 Å². The number of nitriles is 1. The van der Waals surface area contributed by atoms with Crippen LogP contribution in [0.4, 0.5) is 0 Å². The summed E-state index contributed by atoms with van der Waals surface area (Å²) in [4.78, 5) is 0.313. The molecular weight excluding hydrogens is 280 g/mol. The van der Waals surface area contributed by atoms with Crippen LogP contribution in [0, 0.1) is 11.3 Å². The van der Waals surface area contributed by atoms with Gasteiger partial charge in [-0.15, -0.1) is 0 Å². The van der Waals surface area contributed by atoms with E-state index in [9.17, 15) is 8.42 Å². The molecule has 1 atom stereocenters. The zero-order chi connectivity index (χ0) is 13.9. The van der Waals surface area contributed by atoms with Crippen LogP contribution in [-0.2, 0) is 16.4 Å². The Balaban J connectivity index is 2.21. The van der Waals surface area contributed by atoms with Crippen LogP contribution in [0.2, 0.25) is 0 Å². The molecule has 2 rings (SSSR count). The number of rotatable bonds is 3. The van der Waals surface area contributed by atoms with Crippen LogP contribution in [0.1, 0.15) is 12.5 Å². The van der Waals surface area contributed by atoms with E-state index in [2.05, 4.69) is 0 Å². The number of sulfonamides is 1. The summed E-state index contributed by atoms with van der Waals surface area (Å²) in [7, 11) is -3.39. The predicted molar refractivity (Wildman–Crippen MR) is 76.4 cm³/mol. The average Bonchev–Trinajstić information content (AvgIpc) is 2.40. The third-order valence-electron chi connectivity index (χ3n) is 3.05. The Morgan fingerprint density at radius 3 is 2.68 bits per heavy atom. The summed E-state index contributed by atoms with van der Waals surface area (Å²) in [6.45, 7) is 3.17. The second kappa shape index (κ2) is 5.95. The zero-order valence-corrected chi connectivity index (χ0v) is 12.4. The highest BCUT2D eigenvalue weighted by Gasteiger charge is 2.28. The Morgan fingerprint density at radius 1 is 1.42 bits per heavy atom. The fraction of sp³-hybridized carbons (Fsp3) is 0.462. The third kappa shape index (κ3) is 3.30. The number of thioether (sulfide) groups is 1. The number of hydrogen-bond donors (Lipinski definition) is 0. The standard InChI is InChI=1S/C13H16N2O2S2/c1-11-10-15(8-9-18-11)19(16,17)13-4-2-12(3-5-13)6-7-14/h2-5,11H,6,8-10H2,1H3. The molecule has 0 radical (unpaired) electrons. The summed E-state index contributed by atoms with van der Waals surface area (Å²) in [6.07, 6.45) is 0.303. The summed E-state index contributed by atoms with van der Waals surface area (Å²) >= 11 is 1.80. The van der Waals surface area contributed by atoms with Crippen molar-refractivity contribution >= 4 is 21.8 Å². The van der Waals surface area contributed by atoms with Gasteiger partial charge < -0.3 is 0 Å². The predicted octanol–water partition coefficient (Wildman–Crippen LogP) is 1.88. The highest BCUT2D eigenvalue weighted by Crippen LogP contribution is 2.24. The van der Waals surface area contributed by atoms with Gasteiger partial charge in [0.05, 0.1) is 17.4 Å². The molecule has 0 N–H and O–H groups in total. The molecule has 0 bridgehead atoms. The molecule has 1 unspecified atom stereocenters. The minimum Gasteiger partial charge on any atom is -0.207 e. The lowest BCUT2D eigenvalue weighted by Gasteiger charge is -2.29. The van der Waals surface area contributed by atoms with Crippen molar-refractivity contribution in [2.45, 2.75) is 23.5 Å². The first-order valence-electron chi connectivity index (χ1n) is 6.11. The van der Waals surface area contributed by atoms with Gasteiger partial charge >= 0.3 is 0 Å². The van der Waals surface area contributed by atoms with Gasteiger partial charge in [0.1, 0.15) is 0 Å². The molecule has 102 valence electrons. The molecule has 1 heterocycles. The van der Waals surface area contributed by atoms with E-state index in [1.54, 1.807) is 40.3 Å². The molecule has 1 aromatic carbocycles. The first kappa shape index (κ1) is 14.4. The van der Waals surface area contributed by atoms with Crippen molar-refractivity contribution in [2.24, 2.45) is 0 Å². The zero-order valence-electron chi connectivity index (χ0n) is 10.7. The summed E-state index contributed by atoms with van der Waals surface area (Å²) in [5.41, 5.74) is 0.837. The second-order valence-corrected chi connectivity index (χ2v) is 8.01. The Bertz CT molecular complexity index is 576. The van der Waals surface area contributed by atoms with Crippen molar-refractivity contribution in [1.29, 1.82) is 5.26 Å². The summed E-state index contributed by atoms with van der Waals surface area (Å²) in [5.74, 6) is 0.840. The highest BCUT2D eigenvalue weighted by atomic mass is 32.2. The third-order valence-corrected chi connectivity index (χ3v) is 6.06. The van der Waals surface area contributed by atoms with Crippen LogP contribution in [0.5, 0.6) is 0 Å². The van der Waals surface area contributed by atoms with Crippen LogP contribution < -0.4 is 0 Å². The Labute approximate surface area is 118 Å². The Kier molecular flexibility index (Phi) is 4.50. The van der Waals surface area contributed by atoms with Gasteiger partial charge in [-0.05, 0) is 17.7 Å². The quantitative estimate of drug-likeness (QED) is 0.854. The first-order valence-corrected chi connectivity index (χ1v) is 8.60. The largest absolute Gasteiger partial charge is 0.243 e. The normalized spacial score (nSPS) is 20.9. The molecule has 0 aliphatic carbocycles. The van der Waals surface area contributed by atoms with Crippen LogP contribution in [0.15, 0.2) is 29.2 Å². The van der Waals surface area contributed by atoms with Gasteiger partial charge in [0.15, 0.2) is 0 Å². The molecule has 1 aliphatic rings. The van der Waals surface area contributed by atoms with Crippen LogP contribution >= 0.6 is 11.8 Å². The van der Waals surface area contributed by atoms with E-state index in [0.29, 0.717) is 29.7 Å². The van der Waals surface area contributed by atoms with E-state index >= 15 is 0 Å². The van der Waals surface area contributed by atoms with Gasteiger partial charge in [-0.25, -0.2) is 8.42 Å². The Morgan fingerprint density at radius 2 is 2.11 bits per heavy atom. The van der Waals surface area contributed by atoms with Gasteiger partial charge in [-0.2, -0.15) is 21.3 Å². The minimum absolute atomic E-state index is 0.303. The summed E-state index contributed by atoms with van der Waals surface area (Å²) < 4.78 is 26.5. The maximum absolute atomic E-state index is 12.5. The van der Waals surface area contributed by atoms with Gasteiger partial charge in [0.2, 0.25) is 10.0 Å². The van der Waals surface area contributed by atoms with Crippen LogP contribution in [0.25, 0.3) is 0 Å². The topological polar surface area (TPSA) is 61.2 Å². The molecule has 0 saturated carbocycles. The molecule has 4 nitrogen and oxygen atoms in total. The maximum Gasteiger partial charge on any atom is 0.243 e. The number of benzene rings is 1. The molecule has 0 amide bonds.